The predicted octanol–water partition coefficient (Wildman–Crippen LogP) is 3.53. The Balaban J connectivity index is 1.80. The number of esters is 1. The third-order valence-corrected chi connectivity index (χ3v) is 9.17. The molecule has 8 nitrogen and oxygen atoms in total. The molecule has 1 spiro atoms. The second kappa shape index (κ2) is 12.3. The van der Waals surface area contributed by atoms with Crippen molar-refractivity contribution in [3.8, 4) is 0 Å². The summed E-state index contributed by atoms with van der Waals surface area (Å²) in [6, 6.07) is 7.97. The highest BCUT2D eigenvalue weighted by atomic mass is 16.6. The van der Waals surface area contributed by atoms with Crippen LogP contribution >= 0.6 is 0 Å². The molecule has 1 aromatic rings. The number of carbonyl (C=O) groups excluding carboxylic acids is 3. The van der Waals surface area contributed by atoms with Crippen molar-refractivity contribution in [1.82, 2.24) is 9.80 Å². The summed E-state index contributed by atoms with van der Waals surface area (Å²) in [5, 5.41) is 10.6. The molecule has 3 fully saturated rings. The largest absolute Gasteiger partial charge is 0.465 e. The third-order valence-electron chi connectivity index (χ3n) is 9.17. The van der Waals surface area contributed by atoms with E-state index in [2.05, 4.69) is 20.1 Å². The van der Waals surface area contributed by atoms with Gasteiger partial charge in [-0.2, -0.15) is 0 Å². The van der Waals surface area contributed by atoms with Gasteiger partial charge in [-0.05, 0) is 44.1 Å². The van der Waals surface area contributed by atoms with Crippen molar-refractivity contribution in [3.05, 3.63) is 61.2 Å². The lowest BCUT2D eigenvalue weighted by atomic mass is 9.62. The number of amides is 2. The van der Waals surface area contributed by atoms with Crippen molar-refractivity contribution in [1.29, 1.82) is 0 Å². The highest BCUT2D eigenvalue weighted by Crippen LogP contribution is 2.65. The van der Waals surface area contributed by atoms with Crippen LogP contribution in [0.25, 0.3) is 0 Å². The van der Waals surface area contributed by atoms with Crippen LogP contribution in [0.2, 0.25) is 0 Å². The zero-order valence-electron chi connectivity index (χ0n) is 24.1. The Kier molecular flexibility index (Phi) is 9.20. The first-order chi connectivity index (χ1) is 19.2. The quantitative estimate of drug-likeness (QED) is 0.216. The van der Waals surface area contributed by atoms with E-state index in [9.17, 15) is 19.5 Å². The molecule has 0 radical (unpaired) electrons. The molecule has 3 aliphatic heterocycles. The number of likely N-dealkylation sites (tertiary alicyclic amines) is 1. The van der Waals surface area contributed by atoms with Crippen LogP contribution < -0.4 is 0 Å². The maximum atomic E-state index is 14.5. The summed E-state index contributed by atoms with van der Waals surface area (Å²) in [4.78, 5) is 45.8. The van der Waals surface area contributed by atoms with Crippen LogP contribution in [-0.4, -0.2) is 82.3 Å². The molecular formula is C32H44N2O6. The molecule has 7 atom stereocenters. The molecule has 4 rings (SSSR count). The van der Waals surface area contributed by atoms with Crippen molar-refractivity contribution in [2.24, 2.45) is 17.8 Å². The standard InChI is InChI=1S/C32H44N2O6/c1-6-9-17-33(16-8-3)29(37)27-32-20-22(4)31(5,40-32)26(30(38)39-18-10-7-2)25(32)28(36)34(27)24(21-35)19-23-14-12-11-13-15-23/h7-8,11-15,22,24-27,35H,2-3,6,9-10,16-21H2,1,4-5H3/t22?,24-,25+,26+,27?,31-,32?/m1/s1. The summed E-state index contributed by atoms with van der Waals surface area (Å²) in [7, 11) is 0. The van der Waals surface area contributed by atoms with Crippen LogP contribution in [-0.2, 0) is 30.3 Å². The van der Waals surface area contributed by atoms with Gasteiger partial charge in [-0.3, -0.25) is 14.4 Å². The van der Waals surface area contributed by atoms with E-state index >= 15 is 0 Å². The van der Waals surface area contributed by atoms with Crippen molar-refractivity contribution < 1.29 is 29.0 Å². The minimum atomic E-state index is -1.19. The van der Waals surface area contributed by atoms with Gasteiger partial charge in [0.15, 0.2) is 0 Å². The summed E-state index contributed by atoms with van der Waals surface area (Å²) >= 11 is 0. The Morgan fingerprint density at radius 2 is 2.00 bits per heavy atom. The lowest BCUT2D eigenvalue weighted by Gasteiger charge is -2.39. The zero-order chi connectivity index (χ0) is 29.1. The second-order valence-electron chi connectivity index (χ2n) is 11.6. The van der Waals surface area contributed by atoms with Crippen LogP contribution in [0.3, 0.4) is 0 Å². The molecule has 1 aromatic carbocycles. The maximum Gasteiger partial charge on any atom is 0.312 e. The lowest BCUT2D eigenvalue weighted by molar-refractivity contribution is -0.163. The van der Waals surface area contributed by atoms with Gasteiger partial charge < -0.3 is 24.4 Å². The average Bonchev–Trinajstić information content (AvgIpc) is 3.46. The predicted molar refractivity (Wildman–Crippen MR) is 152 cm³/mol. The summed E-state index contributed by atoms with van der Waals surface area (Å²) in [6.45, 7) is 14.2. The Bertz CT molecular complexity index is 1110. The monoisotopic (exact) mass is 552 g/mol. The number of hydrogen-bond acceptors (Lipinski definition) is 6. The lowest BCUT2D eigenvalue weighted by Crippen LogP contribution is -2.59. The Labute approximate surface area is 238 Å². The number of rotatable bonds is 14. The normalized spacial score (nSPS) is 31.1. The summed E-state index contributed by atoms with van der Waals surface area (Å²) in [6.07, 6.45) is 6.40. The Morgan fingerprint density at radius 3 is 2.62 bits per heavy atom. The molecule has 2 amide bonds. The third kappa shape index (κ3) is 5.00. The van der Waals surface area contributed by atoms with E-state index in [1.165, 1.54) is 0 Å². The molecule has 0 aromatic heterocycles. The van der Waals surface area contributed by atoms with Crippen LogP contribution in [0.15, 0.2) is 55.6 Å². The number of fused-ring (bicyclic) bond motifs is 1. The van der Waals surface area contributed by atoms with Gasteiger partial charge in [0.1, 0.15) is 17.6 Å². The van der Waals surface area contributed by atoms with Crippen LogP contribution in [0.5, 0.6) is 0 Å². The van der Waals surface area contributed by atoms with E-state index in [4.69, 9.17) is 9.47 Å². The maximum absolute atomic E-state index is 14.5. The molecule has 3 unspecified atom stereocenters. The van der Waals surface area contributed by atoms with E-state index in [1.807, 2.05) is 44.2 Å². The molecule has 218 valence electrons. The minimum Gasteiger partial charge on any atom is -0.465 e. The van der Waals surface area contributed by atoms with Gasteiger partial charge in [0.2, 0.25) is 11.8 Å². The Hall–Kier alpha value is -2.97. The summed E-state index contributed by atoms with van der Waals surface area (Å²) in [5.41, 5.74) is -1.20. The molecule has 3 heterocycles. The molecular weight excluding hydrogens is 508 g/mol. The first-order valence-electron chi connectivity index (χ1n) is 14.5. The van der Waals surface area contributed by atoms with Crippen molar-refractivity contribution in [2.75, 3.05) is 26.3 Å². The van der Waals surface area contributed by atoms with Crippen molar-refractivity contribution >= 4 is 17.8 Å². The summed E-state index contributed by atoms with van der Waals surface area (Å²) < 4.78 is 12.4. The molecule has 8 heteroatoms. The van der Waals surface area contributed by atoms with Gasteiger partial charge >= 0.3 is 5.97 Å². The smallest absolute Gasteiger partial charge is 0.312 e. The van der Waals surface area contributed by atoms with Crippen LogP contribution in [0.1, 0.15) is 52.0 Å². The van der Waals surface area contributed by atoms with Gasteiger partial charge in [-0.1, -0.05) is 62.8 Å². The van der Waals surface area contributed by atoms with Gasteiger partial charge in [-0.25, -0.2) is 0 Å². The topological polar surface area (TPSA) is 96.4 Å². The average molecular weight is 553 g/mol. The molecule has 1 N–H and O–H groups in total. The van der Waals surface area contributed by atoms with E-state index in [1.54, 1.807) is 22.0 Å². The Morgan fingerprint density at radius 1 is 1.27 bits per heavy atom. The second-order valence-corrected chi connectivity index (χ2v) is 11.6. The number of carbonyl (C=O) groups is 3. The highest BCUT2D eigenvalue weighted by molar-refractivity contribution is 5.98. The van der Waals surface area contributed by atoms with Gasteiger partial charge in [0, 0.05) is 13.1 Å². The number of hydrogen-bond donors (Lipinski definition) is 1. The van der Waals surface area contributed by atoms with Crippen LogP contribution in [0, 0.1) is 17.8 Å². The van der Waals surface area contributed by atoms with Gasteiger partial charge in [0.05, 0.1) is 30.8 Å². The fourth-order valence-corrected chi connectivity index (χ4v) is 7.15. The van der Waals surface area contributed by atoms with E-state index in [0.29, 0.717) is 32.4 Å². The van der Waals surface area contributed by atoms with Crippen molar-refractivity contribution in [3.63, 3.8) is 0 Å². The van der Waals surface area contributed by atoms with E-state index < -0.39 is 41.1 Å². The first-order valence-corrected chi connectivity index (χ1v) is 14.5. The van der Waals surface area contributed by atoms with Gasteiger partial charge in [0.25, 0.3) is 0 Å². The number of unbranched alkanes of at least 4 members (excludes halogenated alkanes) is 1. The molecule has 2 bridgehead atoms. The SMILES string of the molecule is C=CCCOC(=O)[C@@H]1[C@H]2C(=O)N([C@@H](CO)Cc3ccccc3)C(C(=O)N(CC=C)CCCC)C23CC(C)[C@@]1(C)O3. The number of aliphatic hydroxyl groups is 1. The number of nitrogens with zero attached hydrogens (tertiary/aromatic N) is 2. The highest BCUT2D eigenvalue weighted by Gasteiger charge is 2.80. The first kappa shape index (κ1) is 30.0. The fraction of sp³-hybridized carbons (Fsp3) is 0.594. The minimum absolute atomic E-state index is 0.0889. The molecule has 0 saturated carbocycles. The van der Waals surface area contributed by atoms with Crippen molar-refractivity contribution in [2.45, 2.75) is 76.2 Å². The zero-order valence-corrected chi connectivity index (χ0v) is 24.1. The van der Waals surface area contributed by atoms with E-state index in [-0.39, 0.29) is 30.9 Å². The summed E-state index contributed by atoms with van der Waals surface area (Å²) in [5.74, 6) is -2.86. The molecule has 40 heavy (non-hydrogen) atoms. The fourth-order valence-electron chi connectivity index (χ4n) is 7.15. The number of benzene rings is 1. The molecule has 3 saturated heterocycles. The molecule has 0 aliphatic carbocycles. The van der Waals surface area contributed by atoms with E-state index in [0.717, 1.165) is 18.4 Å². The number of ether oxygens (including phenoxy) is 2. The molecule has 3 aliphatic rings. The van der Waals surface area contributed by atoms with Crippen LogP contribution in [0.4, 0.5) is 0 Å². The van der Waals surface area contributed by atoms with Gasteiger partial charge in [-0.15, -0.1) is 13.2 Å². The number of aliphatic hydroxyl groups excluding tert-OH is 1.